The summed E-state index contributed by atoms with van der Waals surface area (Å²) in [7, 11) is 0.119. The maximum atomic E-state index is 5.61. The molecule has 0 amide bonds. The molecule has 1 nitrogen and oxygen atoms in total. The fraction of sp³-hybridized carbons (Fsp3) is 0.379. The summed E-state index contributed by atoms with van der Waals surface area (Å²) in [5, 5.41) is 4.46. The summed E-state index contributed by atoms with van der Waals surface area (Å²) in [6, 6.07) is 33.7. The van der Waals surface area contributed by atoms with Gasteiger partial charge < -0.3 is 4.74 Å². The van der Waals surface area contributed by atoms with Gasteiger partial charge in [0, 0.05) is 7.11 Å². The lowest BCUT2D eigenvalue weighted by molar-refractivity contribution is 0.0127. The van der Waals surface area contributed by atoms with Crippen molar-refractivity contribution in [3.8, 4) is 0 Å². The maximum Gasteiger partial charge on any atom is 0.112 e. The van der Waals surface area contributed by atoms with Crippen molar-refractivity contribution < 1.29 is 4.74 Å². The van der Waals surface area contributed by atoms with Gasteiger partial charge in [-0.25, -0.2) is 0 Å². The van der Waals surface area contributed by atoms with E-state index in [4.69, 9.17) is 4.74 Å². The molecule has 0 saturated carbocycles. The van der Waals surface area contributed by atoms with Crippen LogP contribution in [0.15, 0.2) is 91.0 Å². The minimum absolute atomic E-state index is 0.0193. The van der Waals surface area contributed by atoms with Crippen LogP contribution in [0.1, 0.15) is 46.5 Å². The molecule has 0 aliphatic carbocycles. The molecule has 1 atom stereocenters. The number of hydrogen-bond donors (Lipinski definition) is 0. The highest BCUT2D eigenvalue weighted by Gasteiger charge is 2.44. The Balaban J connectivity index is 1.90. The van der Waals surface area contributed by atoms with Crippen molar-refractivity contribution in [2.45, 2.75) is 52.1 Å². The smallest absolute Gasteiger partial charge is 0.112 e. The molecule has 0 heterocycles. The van der Waals surface area contributed by atoms with Gasteiger partial charge in [-0.1, -0.05) is 74.4 Å². The summed E-state index contributed by atoms with van der Waals surface area (Å²) >= 11 is 0. The zero-order valence-corrected chi connectivity index (χ0v) is 20.5. The molecule has 31 heavy (non-hydrogen) atoms. The maximum absolute atomic E-state index is 5.61. The van der Waals surface area contributed by atoms with E-state index < -0.39 is 7.26 Å². The highest BCUT2D eigenvalue weighted by molar-refractivity contribution is 7.95. The minimum Gasteiger partial charge on any atom is -0.379 e. The average Bonchev–Trinajstić information content (AvgIpc) is 2.81. The Morgan fingerprint density at radius 3 is 1.52 bits per heavy atom. The Morgan fingerprint density at radius 2 is 1.13 bits per heavy atom. The summed E-state index contributed by atoms with van der Waals surface area (Å²) in [5.74, 6) is 0.697. The van der Waals surface area contributed by atoms with E-state index in [0.717, 1.165) is 6.42 Å². The minimum atomic E-state index is -1.70. The molecule has 0 saturated heterocycles. The van der Waals surface area contributed by atoms with Crippen LogP contribution in [0, 0.1) is 5.92 Å². The van der Waals surface area contributed by atoms with Crippen LogP contribution in [0.5, 0.6) is 0 Å². The van der Waals surface area contributed by atoms with Crippen molar-refractivity contribution in [3.63, 3.8) is 0 Å². The van der Waals surface area contributed by atoms with Crippen molar-refractivity contribution in [2.75, 3.05) is 13.3 Å². The molecule has 0 N–H and O–H groups in total. The predicted molar refractivity (Wildman–Crippen MR) is 139 cm³/mol. The molecule has 3 rings (SSSR count). The van der Waals surface area contributed by atoms with E-state index in [1.54, 1.807) is 0 Å². The van der Waals surface area contributed by atoms with Gasteiger partial charge in [-0.2, -0.15) is 0 Å². The number of hydrogen-bond acceptors (Lipinski definition) is 1. The molecule has 0 aliphatic rings. The first kappa shape index (κ1) is 23.7. The first-order valence-corrected chi connectivity index (χ1v) is 13.6. The first-order valence-electron chi connectivity index (χ1n) is 11.6. The molecule has 0 radical (unpaired) electrons. The van der Waals surface area contributed by atoms with E-state index in [0.29, 0.717) is 5.92 Å². The number of benzene rings is 3. The van der Waals surface area contributed by atoms with Crippen LogP contribution in [-0.4, -0.2) is 18.9 Å². The Kier molecular flexibility index (Phi) is 8.47. The molecule has 164 valence electrons. The van der Waals surface area contributed by atoms with Gasteiger partial charge in [-0.15, -0.1) is 0 Å². The van der Waals surface area contributed by atoms with E-state index in [1.165, 1.54) is 41.3 Å². The third-order valence-electron chi connectivity index (χ3n) is 6.58. The molecule has 0 fully saturated rings. The lowest BCUT2D eigenvalue weighted by Crippen LogP contribution is -2.33. The van der Waals surface area contributed by atoms with E-state index in [-0.39, 0.29) is 5.60 Å². The van der Waals surface area contributed by atoms with Gasteiger partial charge in [0.1, 0.15) is 23.2 Å². The average molecular weight is 434 g/mol. The lowest BCUT2D eigenvalue weighted by atomic mass is 9.95. The Hall–Kier alpha value is -1.95. The summed E-state index contributed by atoms with van der Waals surface area (Å²) in [6.45, 7) is 6.80. The van der Waals surface area contributed by atoms with Crippen LogP contribution < -0.4 is 15.9 Å². The van der Waals surface area contributed by atoms with Gasteiger partial charge in [0.25, 0.3) is 0 Å². The molecule has 0 aliphatic heterocycles. The lowest BCUT2D eigenvalue weighted by Gasteiger charge is -2.29. The molecule has 0 aromatic heterocycles. The van der Waals surface area contributed by atoms with Crippen LogP contribution in [0.2, 0.25) is 0 Å². The van der Waals surface area contributed by atoms with Crippen molar-refractivity contribution in [1.29, 1.82) is 0 Å². The topological polar surface area (TPSA) is 9.23 Å². The Bertz CT molecular complexity index is 793. The third kappa shape index (κ3) is 6.06. The number of ether oxygens (including phenoxy) is 1. The monoisotopic (exact) mass is 433 g/mol. The van der Waals surface area contributed by atoms with Crippen LogP contribution in [-0.2, 0) is 4.74 Å². The van der Waals surface area contributed by atoms with Gasteiger partial charge in [0.15, 0.2) is 0 Å². The van der Waals surface area contributed by atoms with Crippen LogP contribution >= 0.6 is 7.26 Å². The van der Waals surface area contributed by atoms with E-state index in [1.807, 2.05) is 7.11 Å². The highest BCUT2D eigenvalue weighted by Crippen LogP contribution is 2.56. The van der Waals surface area contributed by atoms with Gasteiger partial charge in [-0.05, 0) is 69.0 Å². The normalized spacial score (nSPS) is 13.2. The standard InChI is InChI=1S/C29H38OP/c1-25(15-14-23-29(2,3)30-4)22-24-31(26-16-8-5-9-17-26,27-18-10-6-11-19-27)28-20-12-7-13-21-28/h5-13,16-21,25H,14-15,22-24H2,1-4H3/q+1. The van der Waals surface area contributed by atoms with E-state index in [2.05, 4.69) is 112 Å². The van der Waals surface area contributed by atoms with E-state index in [9.17, 15) is 0 Å². The van der Waals surface area contributed by atoms with Crippen LogP contribution in [0.3, 0.4) is 0 Å². The Morgan fingerprint density at radius 1 is 0.710 bits per heavy atom. The van der Waals surface area contributed by atoms with Gasteiger partial charge >= 0.3 is 0 Å². The van der Waals surface area contributed by atoms with Crippen LogP contribution in [0.25, 0.3) is 0 Å². The van der Waals surface area contributed by atoms with E-state index >= 15 is 0 Å². The van der Waals surface area contributed by atoms with Crippen molar-refractivity contribution in [1.82, 2.24) is 0 Å². The molecular formula is C29H38OP+. The van der Waals surface area contributed by atoms with Crippen LogP contribution in [0.4, 0.5) is 0 Å². The molecule has 0 bridgehead atoms. The Labute approximate surface area is 190 Å². The second-order valence-corrected chi connectivity index (χ2v) is 12.9. The second kappa shape index (κ2) is 11.1. The molecule has 3 aromatic carbocycles. The van der Waals surface area contributed by atoms with Gasteiger partial charge in [0.05, 0.1) is 11.8 Å². The quantitative estimate of drug-likeness (QED) is 0.310. The van der Waals surface area contributed by atoms with Gasteiger partial charge in [-0.3, -0.25) is 0 Å². The summed E-state index contributed by atoms with van der Waals surface area (Å²) in [5.41, 5.74) is -0.0193. The van der Waals surface area contributed by atoms with Crippen molar-refractivity contribution in [2.24, 2.45) is 5.92 Å². The zero-order valence-electron chi connectivity index (χ0n) is 19.6. The summed E-state index contributed by atoms with van der Waals surface area (Å²) in [6.07, 6.45) is 6.03. The number of methoxy groups -OCH3 is 1. The largest absolute Gasteiger partial charge is 0.379 e. The summed E-state index contributed by atoms with van der Waals surface area (Å²) < 4.78 is 5.61. The second-order valence-electron chi connectivity index (χ2n) is 9.29. The molecular weight excluding hydrogens is 395 g/mol. The fourth-order valence-electron chi connectivity index (χ4n) is 4.42. The molecule has 1 unspecified atom stereocenters. The molecule has 0 spiro atoms. The molecule has 2 heteroatoms. The SMILES string of the molecule is COC(C)(C)CCCC(C)CC[P+](c1ccccc1)(c1ccccc1)c1ccccc1. The molecule has 3 aromatic rings. The van der Waals surface area contributed by atoms with Crippen molar-refractivity contribution >= 4 is 23.2 Å². The fourth-order valence-corrected chi connectivity index (χ4v) is 8.96. The third-order valence-corrected chi connectivity index (χ3v) is 11.0. The predicted octanol–water partition coefficient (Wildman–Crippen LogP) is 6.60. The highest BCUT2D eigenvalue weighted by atomic mass is 31.2. The first-order chi connectivity index (χ1) is 15.0. The number of rotatable bonds is 11. The summed E-state index contributed by atoms with van der Waals surface area (Å²) in [4.78, 5) is 0. The van der Waals surface area contributed by atoms with Crippen molar-refractivity contribution in [3.05, 3.63) is 91.0 Å². The van der Waals surface area contributed by atoms with Gasteiger partial charge in [0.2, 0.25) is 0 Å². The zero-order chi connectivity index (χ0) is 22.2.